The van der Waals surface area contributed by atoms with Gasteiger partial charge in [-0.25, -0.2) is 0 Å². The second-order valence-electron chi connectivity index (χ2n) is 8.46. The molecule has 0 unspecified atom stereocenters. The molecular weight excluding hydrogens is 260 g/mol. The maximum absolute atomic E-state index is 12.7. The second-order valence-corrected chi connectivity index (χ2v) is 8.46. The van der Waals surface area contributed by atoms with Gasteiger partial charge in [0.2, 0.25) is 0 Å². The Morgan fingerprint density at radius 3 is 2.29 bits per heavy atom. The fourth-order valence-electron chi connectivity index (χ4n) is 3.65. The fraction of sp³-hybridized carbons (Fsp3) is 0.722. The van der Waals surface area contributed by atoms with E-state index in [0.29, 0.717) is 6.04 Å². The van der Waals surface area contributed by atoms with Crippen LogP contribution in [0.1, 0.15) is 81.7 Å². The summed E-state index contributed by atoms with van der Waals surface area (Å²) in [4.78, 5) is 12.7. The van der Waals surface area contributed by atoms with E-state index in [9.17, 15) is 4.79 Å². The average Bonchev–Trinajstić information content (AvgIpc) is 3.01. The molecule has 2 rings (SSSR count). The van der Waals surface area contributed by atoms with Gasteiger partial charge in [0.05, 0.1) is 5.56 Å². The van der Waals surface area contributed by atoms with Crippen molar-refractivity contribution >= 4 is 5.91 Å². The normalized spacial score (nSPS) is 16.1. The molecule has 0 bridgehead atoms. The van der Waals surface area contributed by atoms with Gasteiger partial charge in [-0.2, -0.15) is 0 Å². The highest BCUT2D eigenvalue weighted by Gasteiger charge is 2.31. The third-order valence-electron chi connectivity index (χ3n) is 4.07. The number of nitrogens with one attached hydrogen (secondary N) is 1. The van der Waals surface area contributed by atoms with Crippen molar-refractivity contribution in [1.29, 1.82) is 0 Å². The van der Waals surface area contributed by atoms with Gasteiger partial charge in [0.15, 0.2) is 0 Å². The van der Waals surface area contributed by atoms with E-state index in [-0.39, 0.29) is 16.9 Å². The molecule has 1 aromatic heterocycles. The predicted octanol–water partition coefficient (Wildman–Crippen LogP) is 4.38. The van der Waals surface area contributed by atoms with E-state index in [1.807, 2.05) is 6.07 Å². The summed E-state index contributed by atoms with van der Waals surface area (Å²) in [6.07, 6.45) is 3.44. The SMILES string of the molecule is Cc1cc(C(=O)NC(C)(C)CC(C)(C)C)c(C)n1C1CC1. The van der Waals surface area contributed by atoms with Gasteiger partial charge in [0, 0.05) is 23.0 Å². The lowest BCUT2D eigenvalue weighted by Gasteiger charge is -2.33. The van der Waals surface area contributed by atoms with Crippen LogP contribution in [-0.2, 0) is 0 Å². The minimum absolute atomic E-state index is 0.0595. The van der Waals surface area contributed by atoms with E-state index in [0.717, 1.165) is 17.7 Å². The van der Waals surface area contributed by atoms with Crippen LogP contribution in [0.5, 0.6) is 0 Å². The number of nitrogens with zero attached hydrogens (tertiary/aromatic N) is 1. The van der Waals surface area contributed by atoms with Gasteiger partial charge < -0.3 is 9.88 Å². The predicted molar refractivity (Wildman–Crippen MR) is 87.8 cm³/mol. The quantitative estimate of drug-likeness (QED) is 0.877. The lowest BCUT2D eigenvalue weighted by atomic mass is 9.81. The van der Waals surface area contributed by atoms with Crippen LogP contribution in [0.25, 0.3) is 0 Å². The smallest absolute Gasteiger partial charge is 0.253 e. The van der Waals surface area contributed by atoms with E-state index in [1.165, 1.54) is 18.5 Å². The number of hydrogen-bond donors (Lipinski definition) is 1. The van der Waals surface area contributed by atoms with E-state index >= 15 is 0 Å². The summed E-state index contributed by atoms with van der Waals surface area (Å²) in [5.74, 6) is 0.0595. The lowest BCUT2D eigenvalue weighted by molar-refractivity contribution is 0.0890. The van der Waals surface area contributed by atoms with Crippen molar-refractivity contribution in [3.8, 4) is 0 Å². The van der Waals surface area contributed by atoms with E-state index in [1.54, 1.807) is 0 Å². The van der Waals surface area contributed by atoms with Crippen LogP contribution in [0, 0.1) is 19.3 Å². The highest BCUT2D eigenvalue weighted by molar-refractivity contribution is 5.96. The number of carbonyl (C=O) groups excluding carboxylic acids is 1. The van der Waals surface area contributed by atoms with Crippen LogP contribution >= 0.6 is 0 Å². The Morgan fingerprint density at radius 2 is 1.81 bits per heavy atom. The van der Waals surface area contributed by atoms with Crippen molar-refractivity contribution in [1.82, 2.24) is 9.88 Å². The zero-order chi connectivity index (χ0) is 16.0. The molecule has 1 aliphatic rings. The summed E-state index contributed by atoms with van der Waals surface area (Å²) < 4.78 is 2.33. The van der Waals surface area contributed by atoms with Crippen LogP contribution in [-0.4, -0.2) is 16.0 Å². The van der Waals surface area contributed by atoms with Crippen LogP contribution in [0.3, 0.4) is 0 Å². The van der Waals surface area contributed by atoms with Gasteiger partial charge in [0.1, 0.15) is 0 Å². The molecule has 0 radical (unpaired) electrons. The maximum Gasteiger partial charge on any atom is 0.253 e. The molecule has 1 fully saturated rings. The van der Waals surface area contributed by atoms with Gasteiger partial charge in [-0.15, -0.1) is 0 Å². The van der Waals surface area contributed by atoms with Crippen molar-refractivity contribution < 1.29 is 4.79 Å². The van der Waals surface area contributed by atoms with Gasteiger partial charge in [-0.05, 0) is 58.4 Å². The summed E-state index contributed by atoms with van der Waals surface area (Å²) in [7, 11) is 0. The third-order valence-corrected chi connectivity index (χ3v) is 4.07. The highest BCUT2D eigenvalue weighted by atomic mass is 16.1. The number of rotatable bonds is 4. The number of hydrogen-bond acceptors (Lipinski definition) is 1. The number of aryl methyl sites for hydroxylation is 1. The Hall–Kier alpha value is -1.25. The first kappa shape index (κ1) is 16.1. The summed E-state index contributed by atoms with van der Waals surface area (Å²) in [6.45, 7) is 15.0. The number of carbonyl (C=O) groups is 1. The Labute approximate surface area is 129 Å². The molecule has 0 aliphatic heterocycles. The summed E-state index contributed by atoms with van der Waals surface area (Å²) >= 11 is 0. The summed E-state index contributed by atoms with van der Waals surface area (Å²) in [5.41, 5.74) is 3.15. The molecule has 1 N–H and O–H groups in total. The standard InChI is InChI=1S/C18H30N2O/c1-12-10-15(13(2)20(12)14-8-9-14)16(21)19-18(6,7)11-17(3,4)5/h10,14H,8-9,11H2,1-7H3,(H,19,21). The molecule has 118 valence electrons. The average molecular weight is 290 g/mol. The first-order valence-electron chi connectivity index (χ1n) is 8.01. The molecule has 0 aromatic carbocycles. The molecule has 1 heterocycles. The second kappa shape index (κ2) is 5.19. The van der Waals surface area contributed by atoms with Gasteiger partial charge >= 0.3 is 0 Å². The summed E-state index contributed by atoms with van der Waals surface area (Å²) in [6, 6.07) is 2.66. The van der Waals surface area contributed by atoms with Crippen LogP contribution < -0.4 is 5.32 Å². The first-order valence-corrected chi connectivity index (χ1v) is 8.01. The highest BCUT2D eigenvalue weighted by Crippen LogP contribution is 2.38. The topological polar surface area (TPSA) is 34.0 Å². The number of aromatic nitrogens is 1. The van der Waals surface area contributed by atoms with E-state index in [2.05, 4.69) is 58.4 Å². The zero-order valence-corrected chi connectivity index (χ0v) is 14.6. The van der Waals surface area contributed by atoms with Gasteiger partial charge in [0.25, 0.3) is 5.91 Å². The Bertz CT molecular complexity index is 542. The van der Waals surface area contributed by atoms with Gasteiger partial charge in [-0.1, -0.05) is 20.8 Å². The van der Waals surface area contributed by atoms with Crippen molar-refractivity contribution in [3.63, 3.8) is 0 Å². The molecule has 0 saturated heterocycles. The fourth-order valence-corrected chi connectivity index (χ4v) is 3.65. The van der Waals surface area contributed by atoms with Crippen molar-refractivity contribution in [2.45, 2.75) is 79.3 Å². The monoisotopic (exact) mass is 290 g/mol. The third kappa shape index (κ3) is 3.90. The molecule has 1 saturated carbocycles. The van der Waals surface area contributed by atoms with Crippen LogP contribution in [0.4, 0.5) is 0 Å². The Morgan fingerprint density at radius 1 is 1.24 bits per heavy atom. The molecule has 0 spiro atoms. The minimum Gasteiger partial charge on any atom is -0.347 e. The Kier molecular flexibility index (Phi) is 3.98. The van der Waals surface area contributed by atoms with Crippen molar-refractivity contribution in [2.75, 3.05) is 0 Å². The Balaban J connectivity index is 2.15. The van der Waals surface area contributed by atoms with Gasteiger partial charge in [-0.3, -0.25) is 4.79 Å². The van der Waals surface area contributed by atoms with E-state index in [4.69, 9.17) is 0 Å². The minimum atomic E-state index is -0.197. The zero-order valence-electron chi connectivity index (χ0n) is 14.6. The molecule has 1 amide bonds. The molecule has 1 aliphatic carbocycles. The maximum atomic E-state index is 12.7. The number of amides is 1. The molecule has 3 heteroatoms. The molecule has 1 aromatic rings. The molecular formula is C18H30N2O. The molecule has 3 nitrogen and oxygen atoms in total. The van der Waals surface area contributed by atoms with Crippen molar-refractivity contribution in [3.05, 3.63) is 23.0 Å². The van der Waals surface area contributed by atoms with Crippen molar-refractivity contribution in [2.24, 2.45) is 5.41 Å². The molecule has 0 atom stereocenters. The molecule has 21 heavy (non-hydrogen) atoms. The summed E-state index contributed by atoms with van der Waals surface area (Å²) in [5, 5.41) is 3.22. The van der Waals surface area contributed by atoms with Crippen LogP contribution in [0.15, 0.2) is 6.07 Å². The first-order chi connectivity index (χ1) is 9.50. The van der Waals surface area contributed by atoms with Crippen LogP contribution in [0.2, 0.25) is 0 Å². The van der Waals surface area contributed by atoms with E-state index < -0.39 is 0 Å². The lowest BCUT2D eigenvalue weighted by Crippen LogP contribution is -2.45. The largest absolute Gasteiger partial charge is 0.347 e.